The average Bonchev–Trinajstić information content (AvgIpc) is 2.78. The van der Waals surface area contributed by atoms with Crippen molar-refractivity contribution in [1.29, 1.82) is 0 Å². The van der Waals surface area contributed by atoms with E-state index in [2.05, 4.69) is 10.1 Å². The fourth-order valence-corrected chi connectivity index (χ4v) is 3.55. The molecule has 0 saturated heterocycles. The largest absolute Gasteiger partial charge is 0.327 e. The predicted molar refractivity (Wildman–Crippen MR) is 97.7 cm³/mol. The molecule has 2 rings (SSSR count). The minimum absolute atomic E-state index is 0. The van der Waals surface area contributed by atoms with Crippen molar-refractivity contribution in [2.75, 3.05) is 13.6 Å². The fraction of sp³-hybridized carbons (Fsp3) is 0.600. The van der Waals surface area contributed by atoms with Gasteiger partial charge in [-0.15, -0.1) is 12.4 Å². The van der Waals surface area contributed by atoms with Crippen LogP contribution in [0.5, 0.6) is 0 Å². The van der Waals surface area contributed by atoms with Crippen LogP contribution in [0.2, 0.25) is 0 Å². The number of sulfonamides is 1. The molecule has 7 nitrogen and oxygen atoms in total. The molecule has 2 N–H and O–H groups in total. The molecule has 0 aromatic carbocycles. The maximum absolute atomic E-state index is 12.7. The van der Waals surface area contributed by atoms with Crippen molar-refractivity contribution in [1.82, 2.24) is 19.1 Å². The van der Waals surface area contributed by atoms with Gasteiger partial charge in [0.15, 0.2) is 5.65 Å². The first-order valence-electron chi connectivity index (χ1n) is 7.66. The number of nitrogens with two attached hydrogens (primary N) is 1. The molecule has 0 fully saturated rings. The molecule has 0 aliphatic carbocycles. The normalized spacial score (nSPS) is 13.5. The van der Waals surface area contributed by atoms with Gasteiger partial charge in [0.25, 0.3) is 0 Å². The standard InChI is InChI=1S/C15H25N5O2S.ClH/c1-10(2)14(16)6-7-19(4)23(21,22)12-8-13-11(3)18-20(5)15(13)17-9-12;/h8-10,14H,6-7,16H2,1-5H3;1H. The van der Waals surface area contributed by atoms with Crippen molar-refractivity contribution in [3.8, 4) is 0 Å². The maximum atomic E-state index is 12.7. The minimum Gasteiger partial charge on any atom is -0.327 e. The molecule has 0 aliphatic heterocycles. The van der Waals surface area contributed by atoms with Gasteiger partial charge >= 0.3 is 0 Å². The second kappa shape index (κ2) is 7.77. The molecule has 1 atom stereocenters. The Morgan fingerprint density at radius 3 is 2.58 bits per heavy atom. The summed E-state index contributed by atoms with van der Waals surface area (Å²) >= 11 is 0. The SMILES string of the molecule is Cc1nn(C)c2ncc(S(=O)(=O)N(C)CCC(N)C(C)C)cc12.Cl. The number of pyridine rings is 1. The van der Waals surface area contributed by atoms with Gasteiger partial charge in [0.1, 0.15) is 4.90 Å². The molecule has 0 bridgehead atoms. The Labute approximate surface area is 149 Å². The quantitative estimate of drug-likeness (QED) is 0.829. The number of aromatic nitrogens is 3. The van der Waals surface area contributed by atoms with Gasteiger partial charge in [0.05, 0.1) is 5.69 Å². The maximum Gasteiger partial charge on any atom is 0.244 e. The van der Waals surface area contributed by atoms with Crippen LogP contribution in [0.15, 0.2) is 17.2 Å². The van der Waals surface area contributed by atoms with Gasteiger partial charge in [-0.3, -0.25) is 4.68 Å². The first-order chi connectivity index (χ1) is 10.6. The summed E-state index contributed by atoms with van der Waals surface area (Å²) in [5, 5.41) is 5.02. The Bertz CT molecular complexity index is 804. The van der Waals surface area contributed by atoms with Crippen LogP contribution in [-0.4, -0.2) is 47.1 Å². The van der Waals surface area contributed by atoms with Crippen molar-refractivity contribution in [2.24, 2.45) is 18.7 Å². The third kappa shape index (κ3) is 4.05. The topological polar surface area (TPSA) is 94.1 Å². The number of fused-ring (bicyclic) bond motifs is 1. The molecule has 2 aromatic rings. The van der Waals surface area contributed by atoms with E-state index in [4.69, 9.17) is 5.73 Å². The van der Waals surface area contributed by atoms with E-state index in [1.165, 1.54) is 10.5 Å². The number of aryl methyl sites for hydroxylation is 2. The molecule has 0 saturated carbocycles. The fourth-order valence-electron chi connectivity index (χ4n) is 2.39. The summed E-state index contributed by atoms with van der Waals surface area (Å²) in [5.74, 6) is 0.321. The van der Waals surface area contributed by atoms with Crippen LogP contribution in [0.3, 0.4) is 0 Å². The average molecular weight is 376 g/mol. The molecule has 1 unspecified atom stereocenters. The summed E-state index contributed by atoms with van der Waals surface area (Å²) in [6, 6.07) is 1.62. The van der Waals surface area contributed by atoms with Crippen LogP contribution < -0.4 is 5.73 Å². The van der Waals surface area contributed by atoms with E-state index in [1.54, 1.807) is 24.8 Å². The van der Waals surface area contributed by atoms with E-state index in [0.29, 0.717) is 24.5 Å². The highest BCUT2D eigenvalue weighted by molar-refractivity contribution is 7.89. The van der Waals surface area contributed by atoms with E-state index in [-0.39, 0.29) is 23.3 Å². The van der Waals surface area contributed by atoms with E-state index < -0.39 is 10.0 Å². The first-order valence-corrected chi connectivity index (χ1v) is 9.10. The monoisotopic (exact) mass is 375 g/mol. The van der Waals surface area contributed by atoms with Gasteiger partial charge in [-0.05, 0) is 25.3 Å². The molecule has 0 spiro atoms. The first kappa shape index (κ1) is 20.8. The van der Waals surface area contributed by atoms with Crippen molar-refractivity contribution in [3.63, 3.8) is 0 Å². The summed E-state index contributed by atoms with van der Waals surface area (Å²) in [6.07, 6.45) is 2.01. The van der Waals surface area contributed by atoms with Crippen LogP contribution in [-0.2, 0) is 17.1 Å². The second-order valence-corrected chi connectivity index (χ2v) is 8.32. The van der Waals surface area contributed by atoms with Gasteiger partial charge in [0.2, 0.25) is 10.0 Å². The van der Waals surface area contributed by atoms with E-state index in [9.17, 15) is 8.42 Å². The Kier molecular flexibility index (Phi) is 6.75. The van der Waals surface area contributed by atoms with Gasteiger partial charge in [-0.2, -0.15) is 5.10 Å². The van der Waals surface area contributed by atoms with Gasteiger partial charge < -0.3 is 5.73 Å². The van der Waals surface area contributed by atoms with Crippen LogP contribution in [0, 0.1) is 12.8 Å². The third-order valence-corrected chi connectivity index (χ3v) is 6.00. The molecule has 24 heavy (non-hydrogen) atoms. The molecule has 0 aliphatic rings. The van der Waals surface area contributed by atoms with Crippen molar-refractivity contribution in [2.45, 2.75) is 38.1 Å². The highest BCUT2D eigenvalue weighted by Gasteiger charge is 2.23. The third-order valence-electron chi connectivity index (χ3n) is 4.18. The number of halogens is 1. The van der Waals surface area contributed by atoms with E-state index in [1.807, 2.05) is 20.8 Å². The lowest BCUT2D eigenvalue weighted by Crippen LogP contribution is -2.34. The summed E-state index contributed by atoms with van der Waals surface area (Å²) in [5.41, 5.74) is 7.43. The number of hydrogen-bond acceptors (Lipinski definition) is 5. The van der Waals surface area contributed by atoms with Crippen LogP contribution in [0.25, 0.3) is 11.0 Å². The number of nitrogens with zero attached hydrogens (tertiary/aromatic N) is 4. The Balaban J connectivity index is 0.00000288. The molecule has 0 amide bonds. The van der Waals surface area contributed by atoms with Crippen LogP contribution in [0.1, 0.15) is 26.0 Å². The molecule has 0 radical (unpaired) electrons. The van der Waals surface area contributed by atoms with E-state index in [0.717, 1.165) is 11.1 Å². The Hall–Kier alpha value is -1.22. The molecular weight excluding hydrogens is 350 g/mol. The molecule has 9 heteroatoms. The van der Waals surface area contributed by atoms with Crippen LogP contribution in [0.4, 0.5) is 0 Å². The minimum atomic E-state index is -3.58. The summed E-state index contributed by atoms with van der Waals surface area (Å²) in [6.45, 7) is 6.28. The number of rotatable bonds is 6. The summed E-state index contributed by atoms with van der Waals surface area (Å²) in [7, 11) is -0.221. The van der Waals surface area contributed by atoms with Crippen molar-refractivity contribution >= 4 is 33.5 Å². The van der Waals surface area contributed by atoms with E-state index >= 15 is 0 Å². The lowest BCUT2D eigenvalue weighted by molar-refractivity contribution is 0.397. The highest BCUT2D eigenvalue weighted by atomic mass is 35.5. The van der Waals surface area contributed by atoms with Gasteiger partial charge in [-0.25, -0.2) is 17.7 Å². The Morgan fingerprint density at radius 2 is 2.00 bits per heavy atom. The van der Waals surface area contributed by atoms with Crippen LogP contribution >= 0.6 is 12.4 Å². The Morgan fingerprint density at radius 1 is 1.38 bits per heavy atom. The van der Waals surface area contributed by atoms with Gasteiger partial charge in [0, 0.05) is 38.3 Å². The zero-order valence-electron chi connectivity index (χ0n) is 14.7. The lowest BCUT2D eigenvalue weighted by Gasteiger charge is -2.21. The highest BCUT2D eigenvalue weighted by Crippen LogP contribution is 2.21. The summed E-state index contributed by atoms with van der Waals surface area (Å²) in [4.78, 5) is 4.43. The zero-order valence-corrected chi connectivity index (χ0v) is 16.4. The zero-order chi connectivity index (χ0) is 17.4. The van der Waals surface area contributed by atoms with Gasteiger partial charge in [-0.1, -0.05) is 13.8 Å². The van der Waals surface area contributed by atoms with Crippen molar-refractivity contribution < 1.29 is 8.42 Å². The predicted octanol–water partition coefficient (Wildman–Crippen LogP) is 1.69. The number of hydrogen-bond donors (Lipinski definition) is 1. The smallest absolute Gasteiger partial charge is 0.244 e. The molecule has 2 heterocycles. The second-order valence-electron chi connectivity index (χ2n) is 6.27. The summed E-state index contributed by atoms with van der Waals surface area (Å²) < 4.78 is 28.4. The van der Waals surface area contributed by atoms with Crippen molar-refractivity contribution in [3.05, 3.63) is 18.0 Å². The molecular formula is C15H26ClN5O2S. The lowest BCUT2D eigenvalue weighted by atomic mass is 10.0. The molecule has 136 valence electrons. The molecule has 2 aromatic heterocycles.